The van der Waals surface area contributed by atoms with Gasteiger partial charge in [0.05, 0.1) is 13.1 Å². The van der Waals surface area contributed by atoms with E-state index in [1.807, 2.05) is 26.1 Å². The first-order chi connectivity index (χ1) is 7.02. The number of amides is 1. The third kappa shape index (κ3) is 7.47. The molecule has 0 saturated heterocycles. The third-order valence-electron chi connectivity index (χ3n) is 1.65. The van der Waals surface area contributed by atoms with Crippen LogP contribution in [0.3, 0.4) is 0 Å². The van der Waals surface area contributed by atoms with Gasteiger partial charge in [-0.15, -0.1) is 0 Å². The van der Waals surface area contributed by atoms with Gasteiger partial charge < -0.3 is 15.7 Å². The van der Waals surface area contributed by atoms with Gasteiger partial charge in [0, 0.05) is 5.54 Å². The Morgan fingerprint density at radius 1 is 1.31 bits per heavy atom. The first-order valence-corrected chi connectivity index (χ1v) is 4.79. The van der Waals surface area contributed by atoms with Crippen LogP contribution < -0.4 is 10.6 Å². The predicted molar refractivity (Wildman–Crippen MR) is 52.8 cm³/mol. The highest BCUT2D eigenvalue weighted by Crippen LogP contribution is 2.18. The fourth-order valence-corrected chi connectivity index (χ4v) is 0.734. The molecule has 0 aromatic heterocycles. The molecule has 1 unspecified atom stereocenters. The van der Waals surface area contributed by atoms with Crippen LogP contribution in [0.4, 0.5) is 13.2 Å². The second-order valence-corrected chi connectivity index (χ2v) is 4.47. The van der Waals surface area contributed by atoms with Gasteiger partial charge in [0.2, 0.25) is 5.91 Å². The van der Waals surface area contributed by atoms with Crippen LogP contribution in [0.15, 0.2) is 0 Å². The van der Waals surface area contributed by atoms with E-state index in [4.69, 9.17) is 5.11 Å². The first kappa shape index (κ1) is 15.2. The van der Waals surface area contributed by atoms with Crippen LogP contribution in [0, 0.1) is 0 Å². The Hall–Kier alpha value is -0.820. The van der Waals surface area contributed by atoms with Gasteiger partial charge in [-0.05, 0) is 20.8 Å². The zero-order valence-corrected chi connectivity index (χ0v) is 9.48. The molecule has 0 aliphatic heterocycles. The molecule has 3 N–H and O–H groups in total. The lowest BCUT2D eigenvalue weighted by Crippen LogP contribution is -2.46. The van der Waals surface area contributed by atoms with E-state index in [0.717, 1.165) is 0 Å². The number of alkyl halides is 3. The van der Waals surface area contributed by atoms with E-state index in [-0.39, 0.29) is 12.1 Å². The quantitative estimate of drug-likeness (QED) is 0.669. The average Bonchev–Trinajstić information content (AvgIpc) is 2.08. The minimum atomic E-state index is -4.70. The summed E-state index contributed by atoms with van der Waals surface area (Å²) in [6.07, 6.45) is -7.23. The maximum atomic E-state index is 11.9. The van der Waals surface area contributed by atoms with Gasteiger partial charge in [0.25, 0.3) is 0 Å². The molecule has 0 spiro atoms. The average molecular weight is 242 g/mol. The molecule has 0 bridgehead atoms. The zero-order valence-electron chi connectivity index (χ0n) is 9.48. The summed E-state index contributed by atoms with van der Waals surface area (Å²) in [6, 6.07) is 0. The highest BCUT2D eigenvalue weighted by molar-refractivity contribution is 5.78. The number of nitrogens with one attached hydrogen (secondary N) is 2. The van der Waals surface area contributed by atoms with Crippen LogP contribution in [-0.2, 0) is 4.79 Å². The summed E-state index contributed by atoms with van der Waals surface area (Å²) in [5.74, 6) is -0.585. The van der Waals surface area contributed by atoms with Gasteiger partial charge in [-0.2, -0.15) is 13.2 Å². The molecule has 1 amide bonds. The van der Waals surface area contributed by atoms with Gasteiger partial charge >= 0.3 is 6.18 Å². The Kier molecular flexibility index (Phi) is 5.21. The molecule has 7 heteroatoms. The van der Waals surface area contributed by atoms with Crippen molar-refractivity contribution in [3.63, 3.8) is 0 Å². The van der Waals surface area contributed by atoms with Crippen molar-refractivity contribution in [1.82, 2.24) is 10.6 Å². The Balaban J connectivity index is 3.83. The summed E-state index contributed by atoms with van der Waals surface area (Å²) in [5.41, 5.74) is -0.292. The number of rotatable bonds is 4. The summed E-state index contributed by atoms with van der Waals surface area (Å²) >= 11 is 0. The molecule has 16 heavy (non-hydrogen) atoms. The molecule has 4 nitrogen and oxygen atoms in total. The number of aliphatic hydroxyl groups excluding tert-OH is 1. The van der Waals surface area contributed by atoms with Crippen molar-refractivity contribution < 1.29 is 23.1 Å². The Morgan fingerprint density at radius 3 is 2.19 bits per heavy atom. The van der Waals surface area contributed by atoms with Gasteiger partial charge in [0.15, 0.2) is 6.10 Å². The first-order valence-electron chi connectivity index (χ1n) is 4.79. The second-order valence-electron chi connectivity index (χ2n) is 4.47. The number of hydrogen-bond acceptors (Lipinski definition) is 3. The summed E-state index contributed by atoms with van der Waals surface area (Å²) in [6.45, 7) is 4.56. The lowest BCUT2D eigenvalue weighted by molar-refractivity contribution is -0.201. The maximum absolute atomic E-state index is 11.9. The second kappa shape index (κ2) is 5.49. The standard InChI is InChI=1S/C9H17F3N2O2/c1-8(2,3)14-5-7(16)13-4-6(15)9(10,11)12/h6,14-15H,4-5H2,1-3H3,(H,13,16). The summed E-state index contributed by atoms with van der Waals surface area (Å²) < 4.78 is 35.6. The van der Waals surface area contributed by atoms with Crippen molar-refractivity contribution in [3.8, 4) is 0 Å². The normalized spacial score (nSPS) is 14.7. The molecule has 0 aromatic rings. The van der Waals surface area contributed by atoms with Gasteiger partial charge in [-0.25, -0.2) is 0 Å². The molecule has 0 heterocycles. The third-order valence-corrected chi connectivity index (χ3v) is 1.65. The molecule has 0 aliphatic rings. The molecule has 0 aliphatic carbocycles. The smallest absolute Gasteiger partial charge is 0.382 e. The Bertz CT molecular complexity index is 236. The number of carbonyl (C=O) groups is 1. The number of carbonyl (C=O) groups excluding carboxylic acids is 1. The topological polar surface area (TPSA) is 61.4 Å². The van der Waals surface area contributed by atoms with E-state index in [9.17, 15) is 18.0 Å². The number of hydrogen-bond donors (Lipinski definition) is 3. The highest BCUT2D eigenvalue weighted by atomic mass is 19.4. The van der Waals surface area contributed by atoms with Crippen molar-refractivity contribution in [2.45, 2.75) is 38.6 Å². The fourth-order valence-electron chi connectivity index (χ4n) is 0.734. The van der Waals surface area contributed by atoms with Gasteiger partial charge in [0.1, 0.15) is 0 Å². The molecular formula is C9H17F3N2O2. The number of aliphatic hydroxyl groups is 1. The molecule has 0 radical (unpaired) electrons. The van der Waals surface area contributed by atoms with Crippen molar-refractivity contribution >= 4 is 5.91 Å². The lowest BCUT2D eigenvalue weighted by atomic mass is 10.1. The molecule has 1 atom stereocenters. The summed E-state index contributed by atoms with van der Waals surface area (Å²) in [4.78, 5) is 11.1. The highest BCUT2D eigenvalue weighted by Gasteiger charge is 2.38. The van der Waals surface area contributed by atoms with Crippen LogP contribution in [0.5, 0.6) is 0 Å². The summed E-state index contributed by atoms with van der Waals surface area (Å²) in [7, 11) is 0. The Morgan fingerprint density at radius 2 is 1.81 bits per heavy atom. The minimum Gasteiger partial charge on any atom is -0.382 e. The van der Waals surface area contributed by atoms with E-state index in [1.165, 1.54) is 0 Å². The van der Waals surface area contributed by atoms with E-state index in [0.29, 0.717) is 0 Å². The van der Waals surface area contributed by atoms with Crippen LogP contribution >= 0.6 is 0 Å². The number of halogens is 3. The minimum absolute atomic E-state index is 0.0892. The molecule has 0 aromatic carbocycles. The van der Waals surface area contributed by atoms with Crippen molar-refractivity contribution in [3.05, 3.63) is 0 Å². The van der Waals surface area contributed by atoms with Crippen molar-refractivity contribution in [1.29, 1.82) is 0 Å². The van der Waals surface area contributed by atoms with Crippen LogP contribution in [0.1, 0.15) is 20.8 Å². The lowest BCUT2D eigenvalue weighted by Gasteiger charge is -2.20. The van der Waals surface area contributed by atoms with Crippen LogP contribution in [0.25, 0.3) is 0 Å². The largest absolute Gasteiger partial charge is 0.416 e. The van der Waals surface area contributed by atoms with Crippen molar-refractivity contribution in [2.75, 3.05) is 13.1 Å². The molecule has 0 saturated carbocycles. The fraction of sp³-hybridized carbons (Fsp3) is 0.889. The van der Waals surface area contributed by atoms with Gasteiger partial charge in [-0.3, -0.25) is 4.79 Å². The molecule has 0 fully saturated rings. The zero-order chi connectivity index (χ0) is 13.0. The van der Waals surface area contributed by atoms with E-state index < -0.39 is 24.7 Å². The SMILES string of the molecule is CC(C)(C)NCC(=O)NCC(O)C(F)(F)F. The van der Waals surface area contributed by atoms with E-state index >= 15 is 0 Å². The molecular weight excluding hydrogens is 225 g/mol. The molecule has 0 rings (SSSR count). The van der Waals surface area contributed by atoms with Crippen molar-refractivity contribution in [2.24, 2.45) is 0 Å². The molecule has 96 valence electrons. The van der Waals surface area contributed by atoms with E-state index in [1.54, 1.807) is 0 Å². The summed E-state index contributed by atoms with van der Waals surface area (Å²) in [5, 5.41) is 13.4. The van der Waals surface area contributed by atoms with E-state index in [2.05, 4.69) is 5.32 Å². The Labute approximate surface area is 92.2 Å². The predicted octanol–water partition coefficient (Wildman–Crippen LogP) is 0.414. The maximum Gasteiger partial charge on any atom is 0.416 e. The van der Waals surface area contributed by atoms with Crippen LogP contribution in [-0.4, -0.2) is 41.9 Å². The monoisotopic (exact) mass is 242 g/mol. The van der Waals surface area contributed by atoms with Gasteiger partial charge in [-0.1, -0.05) is 0 Å². The van der Waals surface area contributed by atoms with Crippen LogP contribution in [0.2, 0.25) is 0 Å².